The number of anilines is 1. The van der Waals surface area contributed by atoms with Crippen LogP contribution in [0.25, 0.3) is 10.9 Å². The van der Waals surface area contributed by atoms with Gasteiger partial charge in [0.05, 0.1) is 5.52 Å². The second-order valence-electron chi connectivity index (χ2n) is 4.61. The SMILES string of the molecule is CN1C(=O)CCC1Nc1ccc2cccnc2c1. The minimum atomic E-state index is 0.0960. The zero-order valence-electron chi connectivity index (χ0n) is 10.3. The highest BCUT2D eigenvalue weighted by Crippen LogP contribution is 2.22. The summed E-state index contributed by atoms with van der Waals surface area (Å²) < 4.78 is 0. The molecule has 2 aromatic rings. The van der Waals surface area contributed by atoms with Crippen LogP contribution < -0.4 is 5.32 Å². The summed E-state index contributed by atoms with van der Waals surface area (Å²) in [6, 6.07) is 10.1. The number of nitrogens with zero attached hydrogens (tertiary/aromatic N) is 2. The number of nitrogens with one attached hydrogen (secondary N) is 1. The van der Waals surface area contributed by atoms with E-state index in [2.05, 4.69) is 10.3 Å². The normalized spacial score (nSPS) is 19.5. The maximum atomic E-state index is 11.5. The predicted octanol–water partition coefficient (Wildman–Crippen LogP) is 2.22. The number of aromatic nitrogens is 1. The van der Waals surface area contributed by atoms with E-state index in [-0.39, 0.29) is 12.1 Å². The number of hydrogen-bond acceptors (Lipinski definition) is 3. The molecule has 1 fully saturated rings. The van der Waals surface area contributed by atoms with E-state index in [1.807, 2.05) is 37.4 Å². The first-order valence-corrected chi connectivity index (χ1v) is 6.11. The minimum Gasteiger partial charge on any atom is -0.365 e. The second-order valence-corrected chi connectivity index (χ2v) is 4.61. The molecule has 1 aliphatic rings. The summed E-state index contributed by atoms with van der Waals surface area (Å²) in [4.78, 5) is 17.6. The topological polar surface area (TPSA) is 45.2 Å². The highest BCUT2D eigenvalue weighted by molar-refractivity contribution is 5.82. The monoisotopic (exact) mass is 241 g/mol. The fourth-order valence-electron chi connectivity index (χ4n) is 2.32. The Balaban J connectivity index is 1.85. The van der Waals surface area contributed by atoms with Crippen molar-refractivity contribution in [1.82, 2.24) is 9.88 Å². The number of carbonyl (C=O) groups is 1. The molecule has 2 heterocycles. The number of rotatable bonds is 2. The molecule has 92 valence electrons. The maximum absolute atomic E-state index is 11.5. The largest absolute Gasteiger partial charge is 0.365 e. The van der Waals surface area contributed by atoms with Gasteiger partial charge < -0.3 is 10.2 Å². The summed E-state index contributed by atoms with van der Waals surface area (Å²) in [5.41, 5.74) is 1.97. The molecule has 0 spiro atoms. The lowest BCUT2D eigenvalue weighted by molar-refractivity contribution is -0.127. The molecule has 1 saturated heterocycles. The first-order chi connectivity index (χ1) is 8.74. The summed E-state index contributed by atoms with van der Waals surface area (Å²) in [6.07, 6.45) is 3.37. The Kier molecular flexibility index (Phi) is 2.63. The fraction of sp³-hybridized carbons (Fsp3) is 0.286. The lowest BCUT2D eigenvalue weighted by Gasteiger charge is -2.22. The molecule has 18 heavy (non-hydrogen) atoms. The van der Waals surface area contributed by atoms with Gasteiger partial charge in [-0.15, -0.1) is 0 Å². The molecule has 0 bridgehead atoms. The van der Waals surface area contributed by atoms with Gasteiger partial charge in [0.25, 0.3) is 0 Å². The highest BCUT2D eigenvalue weighted by Gasteiger charge is 2.27. The first kappa shape index (κ1) is 11.0. The Labute approximate surface area is 106 Å². The lowest BCUT2D eigenvalue weighted by Crippen LogP contribution is -2.34. The number of likely N-dealkylation sites (tertiary alicyclic amines) is 1. The van der Waals surface area contributed by atoms with Gasteiger partial charge in [-0.1, -0.05) is 12.1 Å². The Morgan fingerprint density at radius 1 is 1.39 bits per heavy atom. The van der Waals surface area contributed by atoms with Crippen LogP contribution in [0.2, 0.25) is 0 Å². The van der Waals surface area contributed by atoms with E-state index >= 15 is 0 Å². The van der Waals surface area contributed by atoms with E-state index < -0.39 is 0 Å². The van der Waals surface area contributed by atoms with Crippen LogP contribution in [0, 0.1) is 0 Å². The summed E-state index contributed by atoms with van der Waals surface area (Å²) >= 11 is 0. The Hall–Kier alpha value is -2.10. The molecular weight excluding hydrogens is 226 g/mol. The van der Waals surface area contributed by atoms with Crippen LogP contribution in [-0.2, 0) is 4.79 Å². The van der Waals surface area contributed by atoms with Crippen molar-refractivity contribution in [2.24, 2.45) is 0 Å². The van der Waals surface area contributed by atoms with Crippen molar-refractivity contribution in [1.29, 1.82) is 0 Å². The predicted molar refractivity (Wildman–Crippen MR) is 71.2 cm³/mol. The van der Waals surface area contributed by atoms with Crippen LogP contribution in [0.3, 0.4) is 0 Å². The molecule has 0 radical (unpaired) electrons. The molecule has 0 saturated carbocycles. The van der Waals surface area contributed by atoms with Crippen LogP contribution in [0.5, 0.6) is 0 Å². The van der Waals surface area contributed by atoms with E-state index in [0.29, 0.717) is 6.42 Å². The molecule has 1 aromatic carbocycles. The van der Waals surface area contributed by atoms with Crippen molar-refractivity contribution in [2.75, 3.05) is 12.4 Å². The van der Waals surface area contributed by atoms with Crippen molar-refractivity contribution in [3.63, 3.8) is 0 Å². The molecule has 1 aromatic heterocycles. The number of pyridine rings is 1. The van der Waals surface area contributed by atoms with Crippen LogP contribution in [0.1, 0.15) is 12.8 Å². The van der Waals surface area contributed by atoms with Crippen LogP contribution in [0.4, 0.5) is 5.69 Å². The van der Waals surface area contributed by atoms with Crippen molar-refractivity contribution < 1.29 is 4.79 Å². The van der Waals surface area contributed by atoms with Gasteiger partial charge in [0.2, 0.25) is 5.91 Å². The quantitative estimate of drug-likeness (QED) is 0.877. The molecule has 1 aliphatic heterocycles. The summed E-state index contributed by atoms with van der Waals surface area (Å²) in [7, 11) is 1.84. The summed E-state index contributed by atoms with van der Waals surface area (Å²) in [5, 5.41) is 4.50. The molecule has 0 aliphatic carbocycles. The number of hydrogen-bond donors (Lipinski definition) is 1. The standard InChI is InChI=1S/C14H15N3O/c1-17-13(6-7-14(17)18)16-11-5-4-10-3-2-8-15-12(10)9-11/h2-5,8-9,13,16H,6-7H2,1H3. The van der Waals surface area contributed by atoms with Crippen molar-refractivity contribution in [2.45, 2.75) is 19.0 Å². The average molecular weight is 241 g/mol. The molecule has 4 heteroatoms. The average Bonchev–Trinajstić information content (AvgIpc) is 2.71. The van der Waals surface area contributed by atoms with E-state index in [4.69, 9.17) is 0 Å². The van der Waals surface area contributed by atoms with E-state index in [9.17, 15) is 4.79 Å². The van der Waals surface area contributed by atoms with Gasteiger partial charge >= 0.3 is 0 Å². The molecule has 1 unspecified atom stereocenters. The zero-order chi connectivity index (χ0) is 12.5. The van der Waals surface area contributed by atoms with Crippen molar-refractivity contribution >= 4 is 22.5 Å². The van der Waals surface area contributed by atoms with E-state index in [1.165, 1.54) is 0 Å². The van der Waals surface area contributed by atoms with Crippen molar-refractivity contribution in [3.8, 4) is 0 Å². The number of amides is 1. The Bertz CT molecular complexity index is 596. The zero-order valence-corrected chi connectivity index (χ0v) is 10.3. The smallest absolute Gasteiger partial charge is 0.224 e. The lowest BCUT2D eigenvalue weighted by atomic mass is 10.2. The molecular formula is C14H15N3O. The summed E-state index contributed by atoms with van der Waals surface area (Å²) in [5.74, 6) is 0.200. The fourth-order valence-corrected chi connectivity index (χ4v) is 2.32. The van der Waals surface area contributed by atoms with Gasteiger partial charge in [0, 0.05) is 30.7 Å². The summed E-state index contributed by atoms with van der Waals surface area (Å²) in [6.45, 7) is 0. The Morgan fingerprint density at radius 3 is 3.06 bits per heavy atom. The van der Waals surface area contributed by atoms with Gasteiger partial charge in [0.1, 0.15) is 6.17 Å². The number of fused-ring (bicyclic) bond motifs is 1. The molecule has 1 N–H and O–H groups in total. The molecule has 4 nitrogen and oxygen atoms in total. The van der Waals surface area contributed by atoms with Gasteiger partial charge in [-0.2, -0.15) is 0 Å². The van der Waals surface area contributed by atoms with Gasteiger partial charge in [-0.25, -0.2) is 0 Å². The van der Waals surface area contributed by atoms with Gasteiger partial charge in [0.15, 0.2) is 0 Å². The number of carbonyl (C=O) groups excluding carboxylic acids is 1. The van der Waals surface area contributed by atoms with Crippen LogP contribution >= 0.6 is 0 Å². The van der Waals surface area contributed by atoms with Crippen LogP contribution in [-0.4, -0.2) is 29.0 Å². The van der Waals surface area contributed by atoms with Gasteiger partial charge in [-0.3, -0.25) is 9.78 Å². The third-order valence-electron chi connectivity index (χ3n) is 3.43. The second kappa shape index (κ2) is 4.29. The maximum Gasteiger partial charge on any atom is 0.224 e. The van der Waals surface area contributed by atoms with Crippen molar-refractivity contribution in [3.05, 3.63) is 36.5 Å². The molecule has 3 rings (SSSR count). The number of benzene rings is 1. The third-order valence-corrected chi connectivity index (χ3v) is 3.43. The third kappa shape index (κ3) is 1.90. The highest BCUT2D eigenvalue weighted by atomic mass is 16.2. The Morgan fingerprint density at radius 2 is 2.28 bits per heavy atom. The minimum absolute atomic E-state index is 0.0960. The van der Waals surface area contributed by atoms with Crippen LogP contribution in [0.15, 0.2) is 36.5 Å². The van der Waals surface area contributed by atoms with Gasteiger partial charge in [-0.05, 0) is 24.6 Å². The van der Waals surface area contributed by atoms with E-state index in [1.54, 1.807) is 11.1 Å². The van der Waals surface area contributed by atoms with E-state index in [0.717, 1.165) is 23.0 Å². The first-order valence-electron chi connectivity index (χ1n) is 6.11. The molecule has 1 atom stereocenters. The molecule has 1 amide bonds.